The molecule has 1 aromatic carbocycles. The Hall–Kier alpha value is -2.37. The third-order valence-electron chi connectivity index (χ3n) is 4.18. The molecule has 1 aliphatic heterocycles. The number of nitrogens with one attached hydrogen (secondary N) is 1. The van der Waals surface area contributed by atoms with Crippen molar-refractivity contribution in [3.05, 3.63) is 54.5 Å². The van der Waals surface area contributed by atoms with Crippen LogP contribution in [0.4, 0.5) is 0 Å². The number of para-hydroxylation sites is 1. The summed E-state index contributed by atoms with van der Waals surface area (Å²) in [5.74, 6) is 0.839. The first kappa shape index (κ1) is 16.5. The predicted octanol–water partition coefficient (Wildman–Crippen LogP) is 3.15. The molecule has 1 N–H and O–H groups in total. The zero-order chi connectivity index (χ0) is 15.6. The molecule has 0 radical (unpaired) electrons. The van der Waals surface area contributed by atoms with Crippen molar-refractivity contribution in [1.82, 2.24) is 20.1 Å². The van der Waals surface area contributed by atoms with Gasteiger partial charge in [0.05, 0.1) is 19.3 Å². The van der Waals surface area contributed by atoms with Crippen molar-refractivity contribution >= 4 is 12.4 Å². The second kappa shape index (κ2) is 7.03. The number of fused-ring (bicyclic) bond motifs is 1. The van der Waals surface area contributed by atoms with Crippen molar-refractivity contribution in [2.24, 2.45) is 0 Å². The third-order valence-corrected chi connectivity index (χ3v) is 4.18. The van der Waals surface area contributed by atoms with Crippen molar-refractivity contribution in [2.45, 2.75) is 13.1 Å². The first-order valence-electron chi connectivity index (χ1n) is 7.72. The van der Waals surface area contributed by atoms with E-state index >= 15 is 0 Å². The number of ether oxygens (including phenoxy) is 1. The minimum Gasteiger partial charge on any atom is -0.496 e. The lowest BCUT2D eigenvalue weighted by atomic mass is 9.98. The van der Waals surface area contributed by atoms with E-state index in [0.717, 1.165) is 47.8 Å². The molecule has 0 amide bonds. The van der Waals surface area contributed by atoms with Gasteiger partial charge < -0.3 is 10.1 Å². The molecule has 3 aromatic rings. The lowest BCUT2D eigenvalue weighted by Crippen LogP contribution is -2.28. The van der Waals surface area contributed by atoms with Gasteiger partial charge in [-0.2, -0.15) is 5.10 Å². The van der Waals surface area contributed by atoms with E-state index in [0.29, 0.717) is 0 Å². The van der Waals surface area contributed by atoms with Gasteiger partial charge in [-0.05, 0) is 29.8 Å². The highest BCUT2D eigenvalue weighted by molar-refractivity contribution is 5.85. The molecule has 0 saturated heterocycles. The van der Waals surface area contributed by atoms with Gasteiger partial charge in [0.25, 0.3) is 0 Å². The SMILES string of the molecule is COc1ccccc1-c1nn2c(c1-c1ccncc1)CNCC2.Cl. The molecule has 0 aliphatic carbocycles. The van der Waals surface area contributed by atoms with Crippen LogP contribution in [0.3, 0.4) is 0 Å². The first-order chi connectivity index (χ1) is 11.4. The number of hydrogen-bond donors (Lipinski definition) is 1. The van der Waals surface area contributed by atoms with Crippen LogP contribution < -0.4 is 10.1 Å². The second-order valence-electron chi connectivity index (χ2n) is 5.51. The molecular formula is C18H19ClN4O. The molecule has 124 valence electrons. The number of rotatable bonds is 3. The maximum Gasteiger partial charge on any atom is 0.128 e. The molecule has 6 heteroatoms. The highest BCUT2D eigenvalue weighted by Crippen LogP contribution is 2.38. The summed E-state index contributed by atoms with van der Waals surface area (Å²) < 4.78 is 7.65. The zero-order valence-electron chi connectivity index (χ0n) is 13.4. The van der Waals surface area contributed by atoms with Gasteiger partial charge in [0.1, 0.15) is 11.4 Å². The van der Waals surface area contributed by atoms with Crippen molar-refractivity contribution in [3.8, 4) is 28.1 Å². The minimum absolute atomic E-state index is 0. The maximum absolute atomic E-state index is 5.55. The number of hydrogen-bond acceptors (Lipinski definition) is 4. The largest absolute Gasteiger partial charge is 0.496 e. The fourth-order valence-corrected chi connectivity index (χ4v) is 3.10. The van der Waals surface area contributed by atoms with E-state index < -0.39 is 0 Å². The number of benzene rings is 1. The fourth-order valence-electron chi connectivity index (χ4n) is 3.10. The zero-order valence-corrected chi connectivity index (χ0v) is 14.2. The number of methoxy groups -OCH3 is 1. The van der Waals surface area contributed by atoms with Crippen LogP contribution in [0.2, 0.25) is 0 Å². The quantitative estimate of drug-likeness (QED) is 0.794. The van der Waals surface area contributed by atoms with Gasteiger partial charge in [-0.25, -0.2) is 0 Å². The molecular weight excluding hydrogens is 324 g/mol. The molecule has 2 aromatic heterocycles. The second-order valence-corrected chi connectivity index (χ2v) is 5.51. The van der Waals surface area contributed by atoms with Crippen molar-refractivity contribution in [3.63, 3.8) is 0 Å². The number of pyridine rings is 1. The van der Waals surface area contributed by atoms with Crippen molar-refractivity contribution in [2.75, 3.05) is 13.7 Å². The smallest absolute Gasteiger partial charge is 0.128 e. The lowest BCUT2D eigenvalue weighted by molar-refractivity contribution is 0.416. The number of aromatic nitrogens is 3. The first-order valence-corrected chi connectivity index (χ1v) is 7.72. The average Bonchev–Trinajstić information content (AvgIpc) is 3.01. The van der Waals surface area contributed by atoms with Crippen LogP contribution in [-0.4, -0.2) is 28.4 Å². The van der Waals surface area contributed by atoms with Crippen LogP contribution in [0.15, 0.2) is 48.8 Å². The molecule has 1 aliphatic rings. The standard InChI is InChI=1S/C18H18N4O.ClH/c1-23-16-5-3-2-4-14(16)18-17(13-6-8-19-9-7-13)15-12-20-10-11-22(15)21-18;/h2-9,20H,10-12H2,1H3;1H. The predicted molar refractivity (Wildman–Crippen MR) is 96.4 cm³/mol. The van der Waals surface area contributed by atoms with Crippen LogP contribution in [0.1, 0.15) is 5.69 Å². The van der Waals surface area contributed by atoms with E-state index in [9.17, 15) is 0 Å². The Labute approximate surface area is 147 Å². The Morgan fingerprint density at radius 1 is 1.12 bits per heavy atom. The maximum atomic E-state index is 5.55. The molecule has 24 heavy (non-hydrogen) atoms. The minimum atomic E-state index is 0. The number of halogens is 1. The summed E-state index contributed by atoms with van der Waals surface area (Å²) in [4.78, 5) is 4.14. The molecule has 0 saturated carbocycles. The Balaban J connectivity index is 0.00000169. The normalized spacial score (nSPS) is 13.0. The summed E-state index contributed by atoms with van der Waals surface area (Å²) in [6.45, 7) is 2.64. The topological polar surface area (TPSA) is 52.0 Å². The van der Waals surface area contributed by atoms with Crippen LogP contribution in [-0.2, 0) is 13.1 Å². The molecule has 0 unspecified atom stereocenters. The van der Waals surface area contributed by atoms with Crippen molar-refractivity contribution < 1.29 is 4.74 Å². The van der Waals surface area contributed by atoms with E-state index in [1.54, 1.807) is 7.11 Å². The van der Waals surface area contributed by atoms with E-state index in [-0.39, 0.29) is 12.4 Å². The Kier molecular flexibility index (Phi) is 4.83. The fraction of sp³-hybridized carbons (Fsp3) is 0.222. The summed E-state index contributed by atoms with van der Waals surface area (Å²) in [6.07, 6.45) is 3.64. The van der Waals surface area contributed by atoms with Gasteiger partial charge in [-0.1, -0.05) is 12.1 Å². The van der Waals surface area contributed by atoms with Crippen LogP contribution in [0, 0.1) is 0 Å². The van der Waals surface area contributed by atoms with E-state index in [2.05, 4.69) is 21.0 Å². The number of nitrogens with zero attached hydrogens (tertiary/aromatic N) is 3. The monoisotopic (exact) mass is 342 g/mol. The van der Waals surface area contributed by atoms with Crippen LogP contribution >= 0.6 is 12.4 Å². The summed E-state index contributed by atoms with van der Waals surface area (Å²) in [5, 5.41) is 8.32. The highest BCUT2D eigenvalue weighted by atomic mass is 35.5. The third kappa shape index (κ3) is 2.77. The Morgan fingerprint density at radius 2 is 1.92 bits per heavy atom. The molecule has 0 atom stereocenters. The van der Waals surface area contributed by atoms with E-state index in [4.69, 9.17) is 9.84 Å². The molecule has 0 fully saturated rings. The molecule has 3 heterocycles. The summed E-state index contributed by atoms with van der Waals surface area (Å²) in [6, 6.07) is 12.1. The van der Waals surface area contributed by atoms with Crippen LogP contribution in [0.5, 0.6) is 5.75 Å². The summed E-state index contributed by atoms with van der Waals surface area (Å²) >= 11 is 0. The van der Waals surface area contributed by atoms with Gasteiger partial charge in [0.2, 0.25) is 0 Å². The summed E-state index contributed by atoms with van der Waals surface area (Å²) in [7, 11) is 1.70. The summed E-state index contributed by atoms with van der Waals surface area (Å²) in [5.41, 5.74) is 5.48. The Bertz CT molecular complexity index is 832. The Morgan fingerprint density at radius 3 is 2.71 bits per heavy atom. The average molecular weight is 343 g/mol. The lowest BCUT2D eigenvalue weighted by Gasteiger charge is -2.16. The molecule has 0 bridgehead atoms. The van der Waals surface area contributed by atoms with Gasteiger partial charge in [0.15, 0.2) is 0 Å². The van der Waals surface area contributed by atoms with Gasteiger partial charge in [0, 0.05) is 36.6 Å². The molecule has 0 spiro atoms. The highest BCUT2D eigenvalue weighted by Gasteiger charge is 2.23. The van der Waals surface area contributed by atoms with Gasteiger partial charge in [-0.3, -0.25) is 9.67 Å². The van der Waals surface area contributed by atoms with Crippen molar-refractivity contribution in [1.29, 1.82) is 0 Å². The van der Waals surface area contributed by atoms with E-state index in [1.807, 2.05) is 42.7 Å². The van der Waals surface area contributed by atoms with Gasteiger partial charge in [-0.15, -0.1) is 12.4 Å². The van der Waals surface area contributed by atoms with E-state index in [1.165, 1.54) is 5.69 Å². The molecule has 4 rings (SSSR count). The molecule has 5 nitrogen and oxygen atoms in total. The van der Waals surface area contributed by atoms with Gasteiger partial charge >= 0.3 is 0 Å². The van der Waals surface area contributed by atoms with Crippen LogP contribution in [0.25, 0.3) is 22.4 Å².